The number of nitrogens with one attached hydrogen (secondary N) is 1. The van der Waals surface area contributed by atoms with Crippen LogP contribution in [0.2, 0.25) is 0 Å². The van der Waals surface area contributed by atoms with Crippen LogP contribution in [0.25, 0.3) is 11.0 Å². The molecule has 0 bridgehead atoms. The summed E-state index contributed by atoms with van der Waals surface area (Å²) in [7, 11) is 0. The minimum Gasteiger partial charge on any atom is -0.465 e. The highest BCUT2D eigenvalue weighted by Crippen LogP contribution is 2.14. The zero-order valence-corrected chi connectivity index (χ0v) is 14.3. The number of rotatable bonds is 6. The van der Waals surface area contributed by atoms with E-state index in [0.717, 1.165) is 37.2 Å². The van der Waals surface area contributed by atoms with E-state index in [9.17, 15) is 4.79 Å². The van der Waals surface area contributed by atoms with Gasteiger partial charge in [0, 0.05) is 13.1 Å². The summed E-state index contributed by atoms with van der Waals surface area (Å²) in [6.07, 6.45) is 3.86. The third kappa shape index (κ3) is 3.53. The first-order valence-electron chi connectivity index (χ1n) is 8.81. The van der Waals surface area contributed by atoms with E-state index in [0.29, 0.717) is 12.2 Å². The third-order valence-corrected chi connectivity index (χ3v) is 4.66. The van der Waals surface area contributed by atoms with Gasteiger partial charge in [-0.1, -0.05) is 18.6 Å². The van der Waals surface area contributed by atoms with E-state index in [4.69, 9.17) is 10.1 Å². The number of hydrogen-bond donors (Lipinski definition) is 1. The number of esters is 1. The minimum absolute atomic E-state index is 0.0872. The molecule has 6 heteroatoms. The summed E-state index contributed by atoms with van der Waals surface area (Å²) in [6.45, 7) is 6.26. The number of carbonyl (C=O) groups is 1. The molecule has 1 fully saturated rings. The van der Waals surface area contributed by atoms with E-state index in [-0.39, 0.29) is 12.5 Å². The van der Waals surface area contributed by atoms with Crippen LogP contribution in [0.4, 0.5) is 0 Å². The highest BCUT2D eigenvalue weighted by atomic mass is 16.5. The van der Waals surface area contributed by atoms with Crippen molar-refractivity contribution >= 4 is 17.0 Å². The molecule has 0 amide bonds. The van der Waals surface area contributed by atoms with Gasteiger partial charge in [-0.3, -0.25) is 14.8 Å². The van der Waals surface area contributed by atoms with Crippen LogP contribution in [0.5, 0.6) is 0 Å². The maximum atomic E-state index is 11.9. The molecule has 1 aromatic carbocycles. The second-order valence-electron chi connectivity index (χ2n) is 6.26. The maximum Gasteiger partial charge on any atom is 0.326 e. The summed E-state index contributed by atoms with van der Waals surface area (Å²) in [5, 5.41) is 8.52. The number of carbonyl (C=O) groups excluding carboxylic acids is 1. The first-order valence-corrected chi connectivity index (χ1v) is 8.81. The van der Waals surface area contributed by atoms with Gasteiger partial charge in [0.2, 0.25) is 5.62 Å². The molecule has 1 saturated heterocycles. The van der Waals surface area contributed by atoms with E-state index in [1.807, 2.05) is 28.8 Å². The molecule has 0 spiro atoms. The summed E-state index contributed by atoms with van der Waals surface area (Å²) in [5.74, 6) is -0.296. The van der Waals surface area contributed by atoms with Gasteiger partial charge >= 0.3 is 5.97 Å². The van der Waals surface area contributed by atoms with E-state index < -0.39 is 0 Å². The molecule has 130 valence electrons. The van der Waals surface area contributed by atoms with Gasteiger partial charge in [0.25, 0.3) is 0 Å². The van der Waals surface area contributed by atoms with Gasteiger partial charge in [0.1, 0.15) is 6.54 Å². The minimum atomic E-state index is -0.296. The predicted octanol–water partition coefficient (Wildman–Crippen LogP) is 1.97. The second kappa shape index (κ2) is 7.66. The number of imidazole rings is 1. The van der Waals surface area contributed by atoms with Gasteiger partial charge in [-0.2, -0.15) is 0 Å². The summed E-state index contributed by atoms with van der Waals surface area (Å²) in [5.41, 5.74) is 2.28. The van der Waals surface area contributed by atoms with Crippen molar-refractivity contribution in [1.82, 2.24) is 14.0 Å². The molecule has 2 aromatic rings. The van der Waals surface area contributed by atoms with Gasteiger partial charge in [-0.25, -0.2) is 0 Å². The number of hydrogen-bond acceptors (Lipinski definition) is 4. The van der Waals surface area contributed by atoms with Crippen LogP contribution in [0, 0.1) is 5.41 Å². The Balaban J connectivity index is 1.85. The Hall–Kier alpha value is -2.08. The molecule has 3 rings (SSSR count). The van der Waals surface area contributed by atoms with Gasteiger partial charge in [-0.15, -0.1) is 0 Å². The molecular formula is C18H26N4O2. The molecule has 0 aliphatic carbocycles. The number of ether oxygens (including phenoxy) is 1. The second-order valence-corrected chi connectivity index (χ2v) is 6.26. The van der Waals surface area contributed by atoms with Crippen LogP contribution < -0.4 is 5.62 Å². The largest absolute Gasteiger partial charge is 0.465 e. The van der Waals surface area contributed by atoms with Crippen LogP contribution in [0.3, 0.4) is 0 Å². The van der Waals surface area contributed by atoms with E-state index in [2.05, 4.69) is 4.90 Å². The van der Waals surface area contributed by atoms with Gasteiger partial charge in [0.05, 0.1) is 17.6 Å². The SMILES string of the molecule is CCOC(=O)Cn1c(=N)n(CCN2CCCCC2)c2ccccc21. The van der Waals surface area contributed by atoms with Crippen molar-refractivity contribution in [1.29, 1.82) is 5.41 Å². The molecule has 24 heavy (non-hydrogen) atoms. The summed E-state index contributed by atoms with van der Waals surface area (Å²) >= 11 is 0. The van der Waals surface area contributed by atoms with Crippen LogP contribution in [-0.2, 0) is 22.6 Å². The molecule has 1 N–H and O–H groups in total. The van der Waals surface area contributed by atoms with E-state index >= 15 is 0 Å². The molecule has 0 saturated carbocycles. The Bertz CT molecular complexity index is 756. The van der Waals surface area contributed by atoms with E-state index in [1.54, 1.807) is 11.5 Å². The normalized spacial score (nSPS) is 15.7. The average Bonchev–Trinajstić information content (AvgIpc) is 2.86. The van der Waals surface area contributed by atoms with Crippen molar-refractivity contribution in [3.8, 4) is 0 Å². The summed E-state index contributed by atoms with van der Waals surface area (Å²) in [6, 6.07) is 7.90. The monoisotopic (exact) mass is 330 g/mol. The predicted molar refractivity (Wildman–Crippen MR) is 92.7 cm³/mol. The molecule has 2 heterocycles. The molecule has 0 radical (unpaired) electrons. The molecule has 1 aliphatic rings. The highest BCUT2D eigenvalue weighted by molar-refractivity contribution is 5.78. The first-order chi connectivity index (χ1) is 11.7. The number of likely N-dealkylation sites (tertiary alicyclic amines) is 1. The summed E-state index contributed by atoms with van der Waals surface area (Å²) in [4.78, 5) is 14.3. The Labute approximate surface area is 142 Å². The fraction of sp³-hybridized carbons (Fsp3) is 0.556. The van der Waals surface area contributed by atoms with Crippen LogP contribution in [-0.4, -0.2) is 46.2 Å². The lowest BCUT2D eigenvalue weighted by Gasteiger charge is -2.26. The topological polar surface area (TPSA) is 63.2 Å². The molecule has 0 atom stereocenters. The number of benzene rings is 1. The van der Waals surface area contributed by atoms with Crippen molar-refractivity contribution in [2.24, 2.45) is 0 Å². The smallest absolute Gasteiger partial charge is 0.326 e. The standard InChI is InChI=1S/C18H26N4O2/c1-2-24-17(23)14-22-16-9-5-4-8-15(16)21(18(22)19)13-12-20-10-6-3-7-11-20/h4-5,8-9,19H,2-3,6-7,10-14H2,1H3. The Morgan fingerprint density at radius 3 is 2.42 bits per heavy atom. The number of nitrogens with zero attached hydrogens (tertiary/aromatic N) is 3. The Morgan fingerprint density at radius 2 is 1.75 bits per heavy atom. The van der Waals surface area contributed by atoms with Gasteiger partial charge < -0.3 is 14.2 Å². The number of piperidine rings is 1. The Morgan fingerprint density at radius 1 is 1.08 bits per heavy atom. The van der Waals surface area contributed by atoms with Crippen molar-refractivity contribution in [3.05, 3.63) is 29.9 Å². The van der Waals surface area contributed by atoms with Crippen molar-refractivity contribution in [3.63, 3.8) is 0 Å². The number of aromatic nitrogens is 2. The van der Waals surface area contributed by atoms with E-state index in [1.165, 1.54) is 19.3 Å². The fourth-order valence-corrected chi connectivity index (χ4v) is 3.44. The average molecular weight is 330 g/mol. The third-order valence-electron chi connectivity index (χ3n) is 4.66. The zero-order valence-electron chi connectivity index (χ0n) is 14.3. The molecular weight excluding hydrogens is 304 g/mol. The molecule has 0 unspecified atom stereocenters. The van der Waals surface area contributed by atoms with Crippen LogP contribution >= 0.6 is 0 Å². The first kappa shape index (κ1) is 16.8. The van der Waals surface area contributed by atoms with Crippen LogP contribution in [0.1, 0.15) is 26.2 Å². The zero-order chi connectivity index (χ0) is 16.9. The van der Waals surface area contributed by atoms with Crippen molar-refractivity contribution < 1.29 is 9.53 Å². The Kier molecular flexibility index (Phi) is 5.35. The lowest BCUT2D eigenvalue weighted by Crippen LogP contribution is -2.35. The van der Waals surface area contributed by atoms with Crippen LogP contribution in [0.15, 0.2) is 24.3 Å². The quantitative estimate of drug-likeness (QED) is 0.824. The fourth-order valence-electron chi connectivity index (χ4n) is 3.44. The maximum absolute atomic E-state index is 11.9. The highest BCUT2D eigenvalue weighted by Gasteiger charge is 2.15. The summed E-state index contributed by atoms with van der Waals surface area (Å²) < 4.78 is 8.80. The lowest BCUT2D eigenvalue weighted by atomic mass is 10.1. The number of fused-ring (bicyclic) bond motifs is 1. The molecule has 1 aliphatic heterocycles. The number of para-hydroxylation sites is 2. The van der Waals surface area contributed by atoms with Crippen molar-refractivity contribution in [2.75, 3.05) is 26.2 Å². The molecule has 1 aromatic heterocycles. The van der Waals surface area contributed by atoms with Crippen molar-refractivity contribution in [2.45, 2.75) is 39.3 Å². The lowest BCUT2D eigenvalue weighted by molar-refractivity contribution is -0.143. The van der Waals surface area contributed by atoms with Gasteiger partial charge in [-0.05, 0) is 45.0 Å². The molecule has 6 nitrogen and oxygen atoms in total. The van der Waals surface area contributed by atoms with Gasteiger partial charge in [0.15, 0.2) is 0 Å².